The van der Waals surface area contributed by atoms with Gasteiger partial charge in [-0.05, 0) is 42.0 Å². The number of fused-ring (bicyclic) bond motifs is 1. The van der Waals surface area contributed by atoms with Gasteiger partial charge in [0.15, 0.2) is 5.82 Å². The number of hydrogen-bond donors (Lipinski definition) is 1. The van der Waals surface area contributed by atoms with Crippen molar-refractivity contribution in [1.82, 2.24) is 14.5 Å². The molecule has 0 aliphatic heterocycles. The van der Waals surface area contributed by atoms with E-state index in [1.54, 1.807) is 19.4 Å². The maximum atomic E-state index is 6.49. The lowest BCUT2D eigenvalue weighted by Crippen LogP contribution is -2.26. The number of halogens is 1. The first kappa shape index (κ1) is 15.6. The molecule has 3 heterocycles. The Labute approximate surface area is 150 Å². The second-order valence-corrected chi connectivity index (χ2v) is 6.13. The van der Waals surface area contributed by atoms with Gasteiger partial charge in [0.05, 0.1) is 10.5 Å². The van der Waals surface area contributed by atoms with Crippen molar-refractivity contribution in [2.24, 2.45) is 5.84 Å². The fraction of sp³-hybridized carbons (Fsp3) is 0.0526. The molecule has 0 saturated heterocycles. The van der Waals surface area contributed by atoms with Crippen LogP contribution < -0.4 is 10.9 Å². The van der Waals surface area contributed by atoms with Crippen molar-refractivity contribution in [1.29, 1.82) is 0 Å². The standard InChI is InChI=1S/C19H16ClN5/c1-24(21)19-18(20)15(7-10-23-19)13-5-6-16-14(12-13)8-11-25(16)17-4-2-3-9-22-17/h2-12H,21H2,1H3. The summed E-state index contributed by atoms with van der Waals surface area (Å²) in [5.74, 6) is 7.23. The molecule has 5 nitrogen and oxygen atoms in total. The van der Waals surface area contributed by atoms with Crippen molar-refractivity contribution >= 4 is 28.3 Å². The summed E-state index contributed by atoms with van der Waals surface area (Å²) >= 11 is 6.49. The van der Waals surface area contributed by atoms with Gasteiger partial charge in [-0.1, -0.05) is 23.7 Å². The number of nitrogens with two attached hydrogens (primary N) is 1. The van der Waals surface area contributed by atoms with Crippen molar-refractivity contribution in [3.63, 3.8) is 0 Å². The zero-order valence-electron chi connectivity index (χ0n) is 13.6. The zero-order valence-corrected chi connectivity index (χ0v) is 14.4. The summed E-state index contributed by atoms with van der Waals surface area (Å²) in [6, 6.07) is 16.1. The molecule has 0 unspecified atom stereocenters. The van der Waals surface area contributed by atoms with Crippen LogP contribution in [0, 0.1) is 0 Å². The Morgan fingerprint density at radius 2 is 1.92 bits per heavy atom. The molecule has 0 aliphatic carbocycles. The third-order valence-corrected chi connectivity index (χ3v) is 4.47. The number of anilines is 1. The fourth-order valence-electron chi connectivity index (χ4n) is 2.91. The van der Waals surface area contributed by atoms with Gasteiger partial charge in [0.2, 0.25) is 0 Å². The summed E-state index contributed by atoms with van der Waals surface area (Å²) in [5, 5.41) is 3.07. The minimum Gasteiger partial charge on any atom is -0.301 e. The quantitative estimate of drug-likeness (QED) is 0.447. The number of benzene rings is 1. The van der Waals surface area contributed by atoms with Crippen LogP contribution in [-0.2, 0) is 0 Å². The number of aromatic nitrogens is 3. The summed E-state index contributed by atoms with van der Waals surface area (Å²) in [6.07, 6.45) is 5.52. The predicted octanol–water partition coefficient (Wildman–Crippen LogP) is 4.05. The van der Waals surface area contributed by atoms with Gasteiger partial charge in [0.25, 0.3) is 0 Å². The van der Waals surface area contributed by atoms with Gasteiger partial charge in [0, 0.05) is 36.6 Å². The van der Waals surface area contributed by atoms with E-state index in [9.17, 15) is 0 Å². The van der Waals surface area contributed by atoms with Crippen LogP contribution >= 0.6 is 11.6 Å². The summed E-state index contributed by atoms with van der Waals surface area (Å²) < 4.78 is 2.06. The molecule has 6 heteroatoms. The van der Waals surface area contributed by atoms with E-state index in [-0.39, 0.29) is 0 Å². The van der Waals surface area contributed by atoms with Crippen LogP contribution in [-0.4, -0.2) is 21.6 Å². The molecule has 4 aromatic rings. The highest BCUT2D eigenvalue weighted by atomic mass is 35.5. The van der Waals surface area contributed by atoms with Gasteiger partial charge < -0.3 is 4.57 Å². The number of hydrazine groups is 1. The van der Waals surface area contributed by atoms with Gasteiger partial charge in [-0.2, -0.15) is 0 Å². The monoisotopic (exact) mass is 349 g/mol. The third-order valence-electron chi connectivity index (χ3n) is 4.10. The molecule has 0 aliphatic rings. The van der Waals surface area contributed by atoms with Crippen LogP contribution in [0.3, 0.4) is 0 Å². The average Bonchev–Trinajstić information content (AvgIpc) is 3.05. The molecule has 0 spiro atoms. The van der Waals surface area contributed by atoms with E-state index in [4.69, 9.17) is 17.4 Å². The molecule has 25 heavy (non-hydrogen) atoms. The SMILES string of the molecule is CN(N)c1nccc(-c2ccc3c(ccn3-c3ccccn3)c2)c1Cl. The summed E-state index contributed by atoms with van der Waals surface area (Å²) in [5.41, 5.74) is 3.00. The van der Waals surface area contributed by atoms with E-state index in [2.05, 4.69) is 32.7 Å². The van der Waals surface area contributed by atoms with Gasteiger partial charge in [-0.25, -0.2) is 15.8 Å². The second-order valence-electron chi connectivity index (χ2n) is 5.75. The third kappa shape index (κ3) is 2.73. The molecule has 0 saturated carbocycles. The molecule has 2 N–H and O–H groups in total. The smallest absolute Gasteiger partial charge is 0.161 e. The van der Waals surface area contributed by atoms with Crippen molar-refractivity contribution < 1.29 is 0 Å². The minimum atomic E-state index is 0.538. The van der Waals surface area contributed by atoms with Crippen LogP contribution in [0.2, 0.25) is 5.02 Å². The van der Waals surface area contributed by atoms with Gasteiger partial charge in [-0.3, -0.25) is 5.01 Å². The molecule has 1 aromatic carbocycles. The largest absolute Gasteiger partial charge is 0.301 e. The fourth-order valence-corrected chi connectivity index (χ4v) is 3.26. The maximum Gasteiger partial charge on any atom is 0.161 e. The van der Waals surface area contributed by atoms with E-state index < -0.39 is 0 Å². The molecule has 0 atom stereocenters. The zero-order chi connectivity index (χ0) is 17.4. The lowest BCUT2D eigenvalue weighted by atomic mass is 10.0. The first-order valence-electron chi connectivity index (χ1n) is 7.81. The van der Waals surface area contributed by atoms with E-state index >= 15 is 0 Å². The normalized spacial score (nSPS) is 11.0. The molecular formula is C19H16ClN5. The topological polar surface area (TPSA) is 60.0 Å². The lowest BCUT2D eigenvalue weighted by Gasteiger charge is -2.15. The Morgan fingerprint density at radius 3 is 2.68 bits per heavy atom. The van der Waals surface area contributed by atoms with E-state index in [0.29, 0.717) is 10.8 Å². The Balaban J connectivity index is 1.83. The van der Waals surface area contributed by atoms with Crippen LogP contribution in [0.15, 0.2) is 67.1 Å². The number of hydrogen-bond acceptors (Lipinski definition) is 4. The summed E-state index contributed by atoms with van der Waals surface area (Å²) in [6.45, 7) is 0. The Bertz CT molecular complexity index is 1040. The Hall–Kier alpha value is -2.89. The summed E-state index contributed by atoms with van der Waals surface area (Å²) in [7, 11) is 1.72. The Kier molecular flexibility index (Phi) is 3.87. The van der Waals surface area contributed by atoms with E-state index in [1.807, 2.05) is 36.5 Å². The molecule has 0 amide bonds. The van der Waals surface area contributed by atoms with Crippen molar-refractivity contribution in [2.45, 2.75) is 0 Å². The average molecular weight is 350 g/mol. The van der Waals surface area contributed by atoms with Crippen LogP contribution in [0.1, 0.15) is 0 Å². The minimum absolute atomic E-state index is 0.538. The number of rotatable bonds is 3. The van der Waals surface area contributed by atoms with Crippen LogP contribution in [0.4, 0.5) is 5.82 Å². The predicted molar refractivity (Wildman–Crippen MR) is 102 cm³/mol. The molecule has 0 bridgehead atoms. The van der Waals surface area contributed by atoms with Crippen LogP contribution in [0.5, 0.6) is 0 Å². The van der Waals surface area contributed by atoms with Crippen LogP contribution in [0.25, 0.3) is 27.8 Å². The molecular weight excluding hydrogens is 334 g/mol. The lowest BCUT2D eigenvalue weighted by molar-refractivity contribution is 0.978. The first-order chi connectivity index (χ1) is 12.1. The van der Waals surface area contributed by atoms with Crippen molar-refractivity contribution in [3.8, 4) is 16.9 Å². The van der Waals surface area contributed by atoms with E-state index in [0.717, 1.165) is 27.8 Å². The number of pyridine rings is 2. The van der Waals surface area contributed by atoms with Gasteiger partial charge in [0.1, 0.15) is 5.82 Å². The van der Waals surface area contributed by atoms with E-state index in [1.165, 1.54) is 5.01 Å². The highest BCUT2D eigenvalue weighted by molar-refractivity contribution is 6.35. The Morgan fingerprint density at radius 1 is 1.04 bits per heavy atom. The highest BCUT2D eigenvalue weighted by Crippen LogP contribution is 2.34. The van der Waals surface area contributed by atoms with Crippen molar-refractivity contribution in [3.05, 3.63) is 72.1 Å². The number of nitrogens with zero attached hydrogens (tertiary/aromatic N) is 4. The molecule has 3 aromatic heterocycles. The summed E-state index contributed by atoms with van der Waals surface area (Å²) in [4.78, 5) is 8.64. The van der Waals surface area contributed by atoms with Gasteiger partial charge in [-0.15, -0.1) is 0 Å². The second kappa shape index (κ2) is 6.20. The first-order valence-corrected chi connectivity index (χ1v) is 8.19. The molecule has 4 rings (SSSR count). The molecule has 0 radical (unpaired) electrons. The maximum absolute atomic E-state index is 6.49. The molecule has 0 fully saturated rings. The van der Waals surface area contributed by atoms with Crippen molar-refractivity contribution in [2.75, 3.05) is 12.1 Å². The highest BCUT2D eigenvalue weighted by Gasteiger charge is 2.12. The molecule has 124 valence electrons. The van der Waals surface area contributed by atoms with Gasteiger partial charge >= 0.3 is 0 Å².